The van der Waals surface area contributed by atoms with Gasteiger partial charge in [0.25, 0.3) is 5.91 Å². The summed E-state index contributed by atoms with van der Waals surface area (Å²) in [6, 6.07) is 15.2. The van der Waals surface area contributed by atoms with Gasteiger partial charge in [0.1, 0.15) is 5.76 Å². The quantitative estimate of drug-likeness (QED) is 0.395. The number of anilines is 2. The molecule has 2 amide bonds. The molecule has 3 aromatic rings. The number of hydrogen-bond donors (Lipinski definition) is 3. The van der Waals surface area contributed by atoms with Crippen LogP contribution in [0.3, 0.4) is 0 Å². The molecule has 3 rings (SSSR count). The first-order valence-electron chi connectivity index (χ1n) is 9.31. The molecule has 0 aliphatic carbocycles. The van der Waals surface area contributed by atoms with Gasteiger partial charge in [0.05, 0.1) is 10.0 Å². The minimum absolute atomic E-state index is 0.0674. The first-order chi connectivity index (χ1) is 14.7. The van der Waals surface area contributed by atoms with E-state index in [4.69, 9.17) is 39.8 Å². The second-order valence-corrected chi connectivity index (χ2v) is 8.14. The molecule has 160 valence electrons. The number of thiocarbonyl (C=S) groups is 1. The van der Waals surface area contributed by atoms with Gasteiger partial charge < -0.3 is 15.1 Å². The molecule has 0 saturated carbocycles. The number of benzene rings is 2. The molecule has 0 fully saturated rings. The van der Waals surface area contributed by atoms with Crippen molar-refractivity contribution in [2.45, 2.75) is 13.8 Å². The van der Waals surface area contributed by atoms with Crippen LogP contribution >= 0.6 is 35.4 Å². The normalized spacial score (nSPS) is 10.6. The standard InChI is InChI=1S/C22H19Cl2N3O3S/c1-12(2)20(28)25-14-4-6-15(7-5-14)26-22(31)27-21(29)19-10-9-18(30-19)13-3-8-16(23)17(24)11-13/h3-12H,1-2H3,(H,25,28)(H2,26,27,29,31). The fraction of sp³-hybridized carbons (Fsp3) is 0.136. The van der Waals surface area contributed by atoms with Crippen LogP contribution in [0.1, 0.15) is 24.4 Å². The van der Waals surface area contributed by atoms with E-state index in [1.54, 1.807) is 54.6 Å². The van der Waals surface area contributed by atoms with Crippen LogP contribution in [0.2, 0.25) is 10.0 Å². The fourth-order valence-corrected chi connectivity index (χ4v) is 3.02. The Labute approximate surface area is 194 Å². The lowest BCUT2D eigenvalue weighted by atomic mass is 10.2. The molecule has 1 aromatic heterocycles. The van der Waals surface area contributed by atoms with Gasteiger partial charge in [-0.15, -0.1) is 0 Å². The number of rotatable bonds is 5. The van der Waals surface area contributed by atoms with Gasteiger partial charge in [0.15, 0.2) is 10.9 Å². The summed E-state index contributed by atoms with van der Waals surface area (Å²) in [6.45, 7) is 3.64. The van der Waals surface area contributed by atoms with Crippen LogP contribution in [0, 0.1) is 5.92 Å². The minimum atomic E-state index is -0.496. The molecule has 0 radical (unpaired) electrons. The highest BCUT2D eigenvalue weighted by Crippen LogP contribution is 2.29. The molecule has 0 aliphatic rings. The molecule has 9 heteroatoms. The van der Waals surface area contributed by atoms with Crippen molar-refractivity contribution in [3.05, 3.63) is 70.4 Å². The number of hydrogen-bond acceptors (Lipinski definition) is 4. The second kappa shape index (κ2) is 9.96. The van der Waals surface area contributed by atoms with E-state index >= 15 is 0 Å². The number of carbonyl (C=O) groups is 2. The zero-order chi connectivity index (χ0) is 22.5. The summed E-state index contributed by atoms with van der Waals surface area (Å²) in [4.78, 5) is 24.2. The third-order valence-corrected chi connectivity index (χ3v) is 5.14. The Kier molecular flexibility index (Phi) is 7.33. The molecule has 1 heterocycles. The van der Waals surface area contributed by atoms with Crippen molar-refractivity contribution < 1.29 is 14.0 Å². The van der Waals surface area contributed by atoms with Crippen molar-refractivity contribution in [1.29, 1.82) is 0 Å². The number of carbonyl (C=O) groups excluding carboxylic acids is 2. The van der Waals surface area contributed by atoms with E-state index in [1.165, 1.54) is 0 Å². The smallest absolute Gasteiger partial charge is 0.293 e. The van der Waals surface area contributed by atoms with E-state index in [0.29, 0.717) is 32.7 Å². The Morgan fingerprint density at radius 2 is 1.55 bits per heavy atom. The molecular weight excluding hydrogens is 457 g/mol. The van der Waals surface area contributed by atoms with Crippen LogP contribution in [-0.2, 0) is 4.79 Å². The van der Waals surface area contributed by atoms with E-state index < -0.39 is 5.91 Å². The highest BCUT2D eigenvalue weighted by atomic mass is 35.5. The molecule has 0 atom stereocenters. The summed E-state index contributed by atoms with van der Waals surface area (Å²) in [6.07, 6.45) is 0. The van der Waals surface area contributed by atoms with E-state index in [0.717, 1.165) is 0 Å². The lowest BCUT2D eigenvalue weighted by Crippen LogP contribution is -2.33. The van der Waals surface area contributed by atoms with Crippen LogP contribution in [0.5, 0.6) is 0 Å². The maximum atomic E-state index is 12.4. The van der Waals surface area contributed by atoms with Crippen LogP contribution in [-0.4, -0.2) is 16.9 Å². The summed E-state index contributed by atoms with van der Waals surface area (Å²) in [7, 11) is 0. The molecule has 0 aliphatic heterocycles. The summed E-state index contributed by atoms with van der Waals surface area (Å²) >= 11 is 17.1. The SMILES string of the molecule is CC(C)C(=O)Nc1ccc(NC(=S)NC(=O)c2ccc(-c3ccc(Cl)c(Cl)c3)o2)cc1. The molecule has 31 heavy (non-hydrogen) atoms. The molecule has 0 bridgehead atoms. The van der Waals surface area contributed by atoms with Crippen molar-refractivity contribution in [2.75, 3.05) is 10.6 Å². The summed E-state index contributed by atoms with van der Waals surface area (Å²) < 4.78 is 5.61. The molecule has 0 saturated heterocycles. The Bertz CT molecular complexity index is 1130. The average Bonchev–Trinajstić information content (AvgIpc) is 3.22. The Balaban J connectivity index is 1.58. The largest absolute Gasteiger partial charge is 0.451 e. The van der Waals surface area contributed by atoms with Gasteiger partial charge >= 0.3 is 0 Å². The predicted octanol–water partition coefficient (Wildman–Crippen LogP) is 5.97. The van der Waals surface area contributed by atoms with Gasteiger partial charge in [-0.3, -0.25) is 14.9 Å². The van der Waals surface area contributed by atoms with E-state index in [2.05, 4.69) is 16.0 Å². The van der Waals surface area contributed by atoms with Crippen LogP contribution < -0.4 is 16.0 Å². The van der Waals surface area contributed by atoms with Crippen molar-refractivity contribution in [1.82, 2.24) is 5.32 Å². The molecular formula is C22H19Cl2N3O3S. The lowest BCUT2D eigenvalue weighted by Gasteiger charge is -2.11. The van der Waals surface area contributed by atoms with E-state index in [9.17, 15) is 9.59 Å². The highest BCUT2D eigenvalue weighted by molar-refractivity contribution is 7.80. The van der Waals surface area contributed by atoms with Crippen molar-refractivity contribution in [3.63, 3.8) is 0 Å². The maximum absolute atomic E-state index is 12.4. The summed E-state index contributed by atoms with van der Waals surface area (Å²) in [5.41, 5.74) is 2.02. The lowest BCUT2D eigenvalue weighted by molar-refractivity contribution is -0.118. The molecule has 6 nitrogen and oxygen atoms in total. The zero-order valence-electron chi connectivity index (χ0n) is 16.7. The summed E-state index contributed by atoms with van der Waals surface area (Å²) in [5.74, 6) is -0.107. The van der Waals surface area contributed by atoms with Gasteiger partial charge in [0.2, 0.25) is 5.91 Å². The van der Waals surface area contributed by atoms with Crippen molar-refractivity contribution >= 4 is 63.7 Å². The number of furan rings is 1. The number of halogens is 2. The van der Waals surface area contributed by atoms with Crippen LogP contribution in [0.25, 0.3) is 11.3 Å². The monoisotopic (exact) mass is 475 g/mol. The number of amides is 2. The van der Waals surface area contributed by atoms with Crippen LogP contribution in [0.4, 0.5) is 11.4 Å². The minimum Gasteiger partial charge on any atom is -0.451 e. The third kappa shape index (κ3) is 6.07. The molecule has 0 unspecified atom stereocenters. The summed E-state index contributed by atoms with van der Waals surface area (Å²) in [5, 5.41) is 9.20. The maximum Gasteiger partial charge on any atom is 0.293 e. The topological polar surface area (TPSA) is 83.4 Å². The van der Waals surface area contributed by atoms with Gasteiger partial charge in [0, 0.05) is 22.9 Å². The fourth-order valence-electron chi connectivity index (χ4n) is 2.52. The molecule has 2 aromatic carbocycles. The predicted molar refractivity (Wildman–Crippen MR) is 128 cm³/mol. The zero-order valence-corrected chi connectivity index (χ0v) is 19.0. The Morgan fingerprint density at radius 1 is 0.903 bits per heavy atom. The molecule has 0 spiro atoms. The number of nitrogens with one attached hydrogen (secondary N) is 3. The van der Waals surface area contributed by atoms with Crippen LogP contribution in [0.15, 0.2) is 59.0 Å². The highest BCUT2D eigenvalue weighted by Gasteiger charge is 2.14. The van der Waals surface area contributed by atoms with Gasteiger partial charge in [-0.2, -0.15) is 0 Å². The average molecular weight is 476 g/mol. The first-order valence-corrected chi connectivity index (χ1v) is 10.5. The van der Waals surface area contributed by atoms with Crippen molar-refractivity contribution in [2.24, 2.45) is 5.92 Å². The second-order valence-electron chi connectivity index (χ2n) is 6.92. The van der Waals surface area contributed by atoms with Gasteiger partial charge in [-0.1, -0.05) is 37.0 Å². The van der Waals surface area contributed by atoms with E-state index in [-0.39, 0.29) is 22.7 Å². The Hall–Kier alpha value is -2.87. The third-order valence-electron chi connectivity index (χ3n) is 4.20. The van der Waals surface area contributed by atoms with E-state index in [1.807, 2.05) is 13.8 Å². The van der Waals surface area contributed by atoms with Gasteiger partial charge in [-0.25, -0.2) is 0 Å². The molecule has 3 N–H and O–H groups in total. The first kappa shape index (κ1) is 22.8. The Morgan fingerprint density at radius 3 is 2.16 bits per heavy atom. The van der Waals surface area contributed by atoms with Gasteiger partial charge in [-0.05, 0) is 66.8 Å². The van der Waals surface area contributed by atoms with Crippen molar-refractivity contribution in [3.8, 4) is 11.3 Å².